The van der Waals surface area contributed by atoms with Gasteiger partial charge in [0.1, 0.15) is 17.2 Å². The molecule has 1 N–H and O–H groups in total. The lowest BCUT2D eigenvalue weighted by Crippen LogP contribution is -2.32. The monoisotopic (exact) mass is 329 g/mol. The van der Waals surface area contributed by atoms with Gasteiger partial charge in [-0.15, -0.1) is 11.6 Å². The van der Waals surface area contributed by atoms with Crippen LogP contribution in [0.4, 0.5) is 5.82 Å². The third-order valence-electron chi connectivity index (χ3n) is 4.49. The summed E-state index contributed by atoms with van der Waals surface area (Å²) in [5.74, 6) is 1.52. The Bertz CT molecular complexity index is 475. The molecule has 2 rings (SSSR count). The van der Waals surface area contributed by atoms with Crippen molar-refractivity contribution in [3.63, 3.8) is 0 Å². The van der Waals surface area contributed by atoms with Crippen molar-refractivity contribution in [3.8, 4) is 0 Å². The van der Waals surface area contributed by atoms with Crippen molar-refractivity contribution in [1.29, 1.82) is 0 Å². The van der Waals surface area contributed by atoms with E-state index in [1.807, 2.05) is 6.92 Å². The summed E-state index contributed by atoms with van der Waals surface area (Å²) in [6.07, 6.45) is 6.36. The Morgan fingerprint density at radius 1 is 1.19 bits per heavy atom. The molecule has 0 amide bonds. The molecule has 0 saturated heterocycles. The Morgan fingerprint density at radius 2 is 1.81 bits per heavy atom. The van der Waals surface area contributed by atoms with Crippen LogP contribution in [-0.4, -0.2) is 16.0 Å². The van der Waals surface area contributed by atoms with Gasteiger partial charge < -0.3 is 5.32 Å². The molecule has 1 unspecified atom stereocenters. The lowest BCUT2D eigenvalue weighted by molar-refractivity contribution is 0.173. The molecule has 1 aromatic rings. The van der Waals surface area contributed by atoms with Crippen LogP contribution in [0.25, 0.3) is 0 Å². The first-order chi connectivity index (χ1) is 9.79. The van der Waals surface area contributed by atoms with E-state index in [-0.39, 0.29) is 5.38 Å². The summed E-state index contributed by atoms with van der Waals surface area (Å²) in [4.78, 5) is 8.43. The van der Waals surface area contributed by atoms with Crippen LogP contribution in [0.15, 0.2) is 6.33 Å². The lowest BCUT2D eigenvalue weighted by Gasteiger charge is -2.37. The molecule has 0 spiro atoms. The fourth-order valence-corrected chi connectivity index (χ4v) is 3.60. The van der Waals surface area contributed by atoms with Gasteiger partial charge in [-0.2, -0.15) is 0 Å². The van der Waals surface area contributed by atoms with Gasteiger partial charge in [-0.05, 0) is 43.9 Å². The highest BCUT2D eigenvalue weighted by Crippen LogP contribution is 2.39. The van der Waals surface area contributed by atoms with Gasteiger partial charge in [0.15, 0.2) is 0 Å². The van der Waals surface area contributed by atoms with Crippen LogP contribution in [0.5, 0.6) is 0 Å². The predicted octanol–water partition coefficient (Wildman–Crippen LogP) is 5.45. The zero-order valence-corrected chi connectivity index (χ0v) is 14.8. The number of nitrogens with one attached hydrogen (secondary N) is 1. The van der Waals surface area contributed by atoms with Crippen LogP contribution in [0, 0.1) is 11.3 Å². The number of anilines is 1. The van der Waals surface area contributed by atoms with E-state index >= 15 is 0 Å². The van der Waals surface area contributed by atoms with Crippen LogP contribution in [0.3, 0.4) is 0 Å². The maximum Gasteiger partial charge on any atom is 0.148 e. The number of aromatic nitrogens is 2. The molecule has 0 radical (unpaired) electrons. The maximum atomic E-state index is 6.35. The third-order valence-corrected chi connectivity index (χ3v) is 5.07. The molecular formula is C16H25Cl2N3. The number of alkyl halides is 1. The summed E-state index contributed by atoms with van der Waals surface area (Å²) < 4.78 is 0. The fraction of sp³-hybridized carbons (Fsp3) is 0.750. The van der Waals surface area contributed by atoms with Gasteiger partial charge >= 0.3 is 0 Å². The maximum absolute atomic E-state index is 6.35. The van der Waals surface area contributed by atoms with Gasteiger partial charge in [-0.3, -0.25) is 0 Å². The van der Waals surface area contributed by atoms with E-state index in [1.165, 1.54) is 19.2 Å². The smallest absolute Gasteiger partial charge is 0.148 e. The molecule has 3 nitrogen and oxygen atoms in total. The highest BCUT2D eigenvalue weighted by atomic mass is 35.5. The van der Waals surface area contributed by atoms with Gasteiger partial charge in [0.2, 0.25) is 0 Å². The zero-order chi connectivity index (χ0) is 15.6. The van der Waals surface area contributed by atoms with Gasteiger partial charge in [-0.25, -0.2) is 9.97 Å². The molecule has 0 aliphatic heterocycles. The fourth-order valence-electron chi connectivity index (χ4n) is 3.06. The van der Waals surface area contributed by atoms with E-state index in [0.717, 1.165) is 18.8 Å². The average Bonchev–Trinajstić information content (AvgIpc) is 2.40. The van der Waals surface area contributed by atoms with Crippen molar-refractivity contribution in [1.82, 2.24) is 9.97 Å². The van der Waals surface area contributed by atoms with E-state index in [9.17, 15) is 0 Å². The third kappa shape index (κ3) is 4.23. The Kier molecular flexibility index (Phi) is 5.37. The number of hydrogen-bond acceptors (Lipinski definition) is 3. The molecule has 118 valence electrons. The summed E-state index contributed by atoms with van der Waals surface area (Å²) in [7, 11) is 0. The van der Waals surface area contributed by atoms with Crippen molar-refractivity contribution in [3.05, 3.63) is 17.0 Å². The van der Waals surface area contributed by atoms with Crippen molar-refractivity contribution in [2.75, 3.05) is 5.32 Å². The normalized spacial score (nSPS) is 24.7. The highest BCUT2D eigenvalue weighted by molar-refractivity contribution is 6.34. The first-order valence-corrected chi connectivity index (χ1v) is 8.51. The largest absolute Gasteiger partial charge is 0.366 e. The molecular weight excluding hydrogens is 305 g/mol. The van der Waals surface area contributed by atoms with Crippen molar-refractivity contribution in [2.24, 2.45) is 11.3 Å². The number of nitrogens with zero attached hydrogens (tertiary/aromatic N) is 2. The number of hydrogen-bond donors (Lipinski definition) is 1. The standard InChI is InChI=1S/C16H25Cl2N3/c1-10(17)14-13(18)15(20-9-19-14)21-12-7-5-11(6-8-12)16(2,3)4/h9-12H,5-8H2,1-4H3,(H,19,20,21)/t10?,11-,12+. The summed E-state index contributed by atoms with van der Waals surface area (Å²) >= 11 is 12.4. The summed E-state index contributed by atoms with van der Waals surface area (Å²) in [5, 5.41) is 3.82. The first kappa shape index (κ1) is 16.8. The van der Waals surface area contributed by atoms with Crippen molar-refractivity contribution in [2.45, 2.75) is 64.8 Å². The molecule has 0 aromatic carbocycles. The minimum absolute atomic E-state index is 0.210. The average molecular weight is 330 g/mol. The van der Waals surface area contributed by atoms with E-state index in [2.05, 4.69) is 36.1 Å². The molecule has 1 heterocycles. The molecule has 1 aliphatic carbocycles. The highest BCUT2D eigenvalue weighted by Gasteiger charge is 2.30. The zero-order valence-electron chi connectivity index (χ0n) is 13.3. The Hall–Kier alpha value is -0.540. The van der Waals surface area contributed by atoms with Gasteiger partial charge in [0, 0.05) is 6.04 Å². The second kappa shape index (κ2) is 6.70. The van der Waals surface area contributed by atoms with Gasteiger partial charge in [0.05, 0.1) is 11.1 Å². The molecule has 1 atom stereocenters. The van der Waals surface area contributed by atoms with E-state index < -0.39 is 0 Å². The minimum Gasteiger partial charge on any atom is -0.366 e. The molecule has 5 heteroatoms. The molecule has 1 aromatic heterocycles. The summed E-state index contributed by atoms with van der Waals surface area (Å²) in [5.41, 5.74) is 1.10. The Labute approximate surface area is 137 Å². The van der Waals surface area contributed by atoms with Crippen molar-refractivity contribution >= 4 is 29.0 Å². The molecule has 1 saturated carbocycles. The van der Waals surface area contributed by atoms with Crippen LogP contribution in [0.1, 0.15) is 64.4 Å². The van der Waals surface area contributed by atoms with E-state index in [4.69, 9.17) is 23.2 Å². The predicted molar refractivity (Wildman–Crippen MR) is 90.1 cm³/mol. The molecule has 1 aliphatic rings. The minimum atomic E-state index is -0.210. The van der Waals surface area contributed by atoms with E-state index in [0.29, 0.717) is 28.0 Å². The van der Waals surface area contributed by atoms with Crippen LogP contribution in [-0.2, 0) is 0 Å². The second-order valence-electron chi connectivity index (χ2n) is 7.10. The Balaban J connectivity index is 2.00. The summed E-state index contributed by atoms with van der Waals surface area (Å²) in [6, 6.07) is 0.439. The lowest BCUT2D eigenvalue weighted by atomic mass is 9.71. The number of halogens is 2. The van der Waals surface area contributed by atoms with Crippen LogP contribution in [0.2, 0.25) is 5.02 Å². The van der Waals surface area contributed by atoms with Gasteiger partial charge in [0.25, 0.3) is 0 Å². The second-order valence-corrected chi connectivity index (χ2v) is 8.13. The van der Waals surface area contributed by atoms with Crippen LogP contribution < -0.4 is 5.32 Å². The van der Waals surface area contributed by atoms with Crippen LogP contribution >= 0.6 is 23.2 Å². The van der Waals surface area contributed by atoms with E-state index in [1.54, 1.807) is 0 Å². The number of rotatable bonds is 3. The molecule has 1 fully saturated rings. The topological polar surface area (TPSA) is 37.8 Å². The van der Waals surface area contributed by atoms with Crippen molar-refractivity contribution < 1.29 is 0 Å². The van der Waals surface area contributed by atoms with Gasteiger partial charge in [-0.1, -0.05) is 32.4 Å². The Morgan fingerprint density at radius 3 is 2.33 bits per heavy atom. The summed E-state index contributed by atoms with van der Waals surface area (Å²) in [6.45, 7) is 8.87. The molecule has 21 heavy (non-hydrogen) atoms. The first-order valence-electron chi connectivity index (χ1n) is 7.70. The quantitative estimate of drug-likeness (QED) is 0.749. The SMILES string of the molecule is CC(Cl)c1ncnc(N[C@H]2CC[C@@H](C(C)(C)C)CC2)c1Cl. The molecule has 0 bridgehead atoms.